The van der Waals surface area contributed by atoms with Gasteiger partial charge in [0.25, 0.3) is 0 Å². The maximum atomic E-state index is 12.0. The Morgan fingerprint density at radius 1 is 1.36 bits per heavy atom. The lowest BCUT2D eigenvalue weighted by Crippen LogP contribution is -2.44. The zero-order chi connectivity index (χ0) is 20.1. The molecule has 2 heterocycles. The lowest BCUT2D eigenvalue weighted by atomic mass is 9.92. The maximum Gasteiger partial charge on any atom is 0.407 e. The van der Waals surface area contributed by atoms with Gasteiger partial charge in [-0.25, -0.2) is 4.79 Å². The van der Waals surface area contributed by atoms with Gasteiger partial charge in [0, 0.05) is 29.9 Å². The molecule has 1 atom stereocenters. The third-order valence-corrected chi connectivity index (χ3v) is 5.59. The number of halogens is 1. The first-order valence-corrected chi connectivity index (χ1v) is 10.6. The fourth-order valence-electron chi connectivity index (χ4n) is 2.98. The number of alkyl carbamates (subject to hydrolysis) is 1. The third-order valence-electron chi connectivity index (χ3n) is 4.36. The number of ether oxygens (including phenoxy) is 1. The van der Waals surface area contributed by atoms with Gasteiger partial charge in [0.05, 0.1) is 12.6 Å². The molecule has 2 rings (SSSR count). The monoisotopic (exact) mass is 522 g/mol. The summed E-state index contributed by atoms with van der Waals surface area (Å²) in [6.07, 6.45) is 0.535. The summed E-state index contributed by atoms with van der Waals surface area (Å²) in [4.78, 5) is 20.5. The Bertz CT molecular complexity index is 641. The minimum atomic E-state index is -0.480. The van der Waals surface area contributed by atoms with Crippen LogP contribution in [0.25, 0.3) is 0 Å². The first-order valence-electron chi connectivity index (χ1n) is 9.67. The summed E-state index contributed by atoms with van der Waals surface area (Å²) in [6.45, 7) is 15.3. The Balaban J connectivity index is 0.00000392. The standard InChI is InChI=1S/C20H34N4O2S.HI/c1-7-21-17(22-14-20(5,6)16-9-8-12-27-16)24-11-10-15(13-24)23-18(25)26-19(2,3)4;/h8-9,12,15H,7,10-11,13-14H2,1-6H3,(H,21,22)(H,23,25);1H. The molecule has 1 amide bonds. The first kappa shape index (κ1) is 25.0. The van der Waals surface area contributed by atoms with Crippen LogP contribution in [0.15, 0.2) is 22.5 Å². The molecule has 28 heavy (non-hydrogen) atoms. The number of rotatable bonds is 5. The number of nitrogens with one attached hydrogen (secondary N) is 2. The highest BCUT2D eigenvalue weighted by Crippen LogP contribution is 2.27. The molecule has 0 aliphatic carbocycles. The van der Waals surface area contributed by atoms with Crippen molar-refractivity contribution in [3.63, 3.8) is 0 Å². The van der Waals surface area contributed by atoms with E-state index in [2.05, 4.69) is 53.8 Å². The van der Waals surface area contributed by atoms with Gasteiger partial charge < -0.3 is 20.3 Å². The van der Waals surface area contributed by atoms with Gasteiger partial charge in [-0.1, -0.05) is 19.9 Å². The zero-order valence-corrected chi connectivity index (χ0v) is 21.0. The van der Waals surface area contributed by atoms with Crippen LogP contribution in [0, 0.1) is 0 Å². The Morgan fingerprint density at radius 3 is 2.64 bits per heavy atom. The highest BCUT2D eigenvalue weighted by Gasteiger charge is 2.29. The normalized spacial score (nSPS) is 17.9. The Morgan fingerprint density at radius 2 is 2.07 bits per heavy atom. The van der Waals surface area contributed by atoms with Crippen LogP contribution in [-0.4, -0.2) is 54.8 Å². The van der Waals surface area contributed by atoms with Gasteiger partial charge in [-0.05, 0) is 45.6 Å². The number of hydrogen-bond acceptors (Lipinski definition) is 4. The van der Waals surface area contributed by atoms with Crippen LogP contribution in [0.3, 0.4) is 0 Å². The van der Waals surface area contributed by atoms with Gasteiger partial charge in [0.1, 0.15) is 5.60 Å². The molecular formula is C20H35IN4O2S. The second kappa shape index (κ2) is 10.7. The van der Waals surface area contributed by atoms with E-state index in [0.717, 1.165) is 38.6 Å². The molecule has 1 aromatic heterocycles. The fourth-order valence-corrected chi connectivity index (χ4v) is 3.83. The molecule has 0 aromatic carbocycles. The third kappa shape index (κ3) is 7.77. The molecule has 8 heteroatoms. The van der Waals surface area contributed by atoms with Crippen molar-refractivity contribution < 1.29 is 9.53 Å². The van der Waals surface area contributed by atoms with E-state index in [4.69, 9.17) is 9.73 Å². The van der Waals surface area contributed by atoms with Crippen LogP contribution in [0.1, 0.15) is 52.8 Å². The topological polar surface area (TPSA) is 66.0 Å². The molecule has 1 aliphatic rings. The molecule has 0 spiro atoms. The number of aliphatic imine (C=N–C) groups is 1. The number of thiophene rings is 1. The van der Waals surface area contributed by atoms with Crippen molar-refractivity contribution in [2.45, 2.75) is 65.0 Å². The highest BCUT2D eigenvalue weighted by molar-refractivity contribution is 14.0. The van der Waals surface area contributed by atoms with Crippen LogP contribution >= 0.6 is 35.3 Å². The van der Waals surface area contributed by atoms with E-state index in [-0.39, 0.29) is 41.5 Å². The predicted octanol–water partition coefficient (Wildman–Crippen LogP) is 4.21. The number of guanidine groups is 1. The molecule has 0 saturated carbocycles. The molecule has 1 unspecified atom stereocenters. The Hall–Kier alpha value is -1.03. The van der Waals surface area contributed by atoms with E-state index in [1.807, 2.05) is 20.8 Å². The summed E-state index contributed by atoms with van der Waals surface area (Å²) in [5.74, 6) is 0.913. The van der Waals surface area contributed by atoms with Crippen LogP contribution < -0.4 is 10.6 Å². The summed E-state index contributed by atoms with van der Waals surface area (Å²) in [6, 6.07) is 4.34. The SMILES string of the molecule is CCNC(=NCC(C)(C)c1cccs1)N1CCC(NC(=O)OC(C)(C)C)C1.I. The van der Waals surface area contributed by atoms with E-state index in [1.54, 1.807) is 11.3 Å². The van der Waals surface area contributed by atoms with E-state index in [9.17, 15) is 4.79 Å². The summed E-state index contributed by atoms with van der Waals surface area (Å²) in [7, 11) is 0. The van der Waals surface area contributed by atoms with Gasteiger partial charge in [-0.15, -0.1) is 35.3 Å². The van der Waals surface area contributed by atoms with Crippen molar-refractivity contribution in [2.24, 2.45) is 4.99 Å². The summed E-state index contributed by atoms with van der Waals surface area (Å²) in [5.41, 5.74) is -0.477. The molecule has 0 radical (unpaired) electrons. The van der Waals surface area contributed by atoms with Crippen molar-refractivity contribution in [2.75, 3.05) is 26.2 Å². The predicted molar refractivity (Wildman–Crippen MR) is 128 cm³/mol. The van der Waals surface area contributed by atoms with Crippen molar-refractivity contribution in [1.29, 1.82) is 0 Å². The first-order chi connectivity index (χ1) is 12.6. The average molecular weight is 522 g/mol. The molecule has 0 bridgehead atoms. The van der Waals surface area contributed by atoms with Crippen LogP contribution in [-0.2, 0) is 10.2 Å². The lowest BCUT2D eigenvalue weighted by Gasteiger charge is -2.25. The molecule has 160 valence electrons. The van der Waals surface area contributed by atoms with Crippen LogP contribution in [0.5, 0.6) is 0 Å². The Kier molecular flexibility index (Phi) is 9.52. The fraction of sp³-hybridized carbons (Fsp3) is 0.700. The molecule has 1 aliphatic heterocycles. The second-order valence-electron chi connectivity index (χ2n) is 8.61. The van der Waals surface area contributed by atoms with E-state index >= 15 is 0 Å². The van der Waals surface area contributed by atoms with Crippen molar-refractivity contribution in [1.82, 2.24) is 15.5 Å². The quantitative estimate of drug-likeness (QED) is 0.346. The van der Waals surface area contributed by atoms with Crippen LogP contribution in [0.4, 0.5) is 4.79 Å². The number of carbonyl (C=O) groups is 1. The number of likely N-dealkylation sites (tertiary alicyclic amines) is 1. The van der Waals surface area contributed by atoms with Gasteiger partial charge in [-0.3, -0.25) is 4.99 Å². The summed E-state index contributed by atoms with van der Waals surface area (Å²) in [5, 5.41) is 8.47. The maximum absolute atomic E-state index is 12.0. The lowest BCUT2D eigenvalue weighted by molar-refractivity contribution is 0.0507. The van der Waals surface area contributed by atoms with Crippen molar-refractivity contribution >= 4 is 47.4 Å². The van der Waals surface area contributed by atoms with Gasteiger partial charge in [0.15, 0.2) is 5.96 Å². The number of nitrogens with zero attached hydrogens (tertiary/aromatic N) is 2. The van der Waals surface area contributed by atoms with Gasteiger partial charge >= 0.3 is 6.09 Å². The van der Waals surface area contributed by atoms with Crippen molar-refractivity contribution in [3.8, 4) is 0 Å². The minimum Gasteiger partial charge on any atom is -0.444 e. The number of carbonyl (C=O) groups excluding carboxylic acids is 1. The molecule has 1 aromatic rings. The van der Waals surface area contributed by atoms with Gasteiger partial charge in [0.2, 0.25) is 0 Å². The molecule has 2 N–H and O–H groups in total. The minimum absolute atomic E-state index is 0. The summed E-state index contributed by atoms with van der Waals surface area (Å²) < 4.78 is 5.36. The van der Waals surface area contributed by atoms with Crippen molar-refractivity contribution in [3.05, 3.63) is 22.4 Å². The number of amides is 1. The summed E-state index contributed by atoms with van der Waals surface area (Å²) >= 11 is 1.77. The largest absolute Gasteiger partial charge is 0.444 e. The second-order valence-corrected chi connectivity index (χ2v) is 9.56. The van der Waals surface area contributed by atoms with E-state index < -0.39 is 5.60 Å². The highest BCUT2D eigenvalue weighted by atomic mass is 127. The molecular weight excluding hydrogens is 487 g/mol. The Labute approximate surface area is 190 Å². The molecule has 1 saturated heterocycles. The van der Waals surface area contributed by atoms with Crippen LogP contribution in [0.2, 0.25) is 0 Å². The smallest absolute Gasteiger partial charge is 0.407 e. The zero-order valence-electron chi connectivity index (χ0n) is 17.9. The van der Waals surface area contributed by atoms with Gasteiger partial charge in [-0.2, -0.15) is 0 Å². The molecule has 1 fully saturated rings. The van der Waals surface area contributed by atoms with E-state index in [1.165, 1.54) is 4.88 Å². The number of hydrogen-bond donors (Lipinski definition) is 2. The average Bonchev–Trinajstić information content (AvgIpc) is 3.21. The molecule has 6 nitrogen and oxygen atoms in total. The van der Waals surface area contributed by atoms with E-state index in [0.29, 0.717) is 0 Å².